The van der Waals surface area contributed by atoms with E-state index < -0.39 is 0 Å². The third-order valence-corrected chi connectivity index (χ3v) is 5.35. The Balaban J connectivity index is 1.55. The van der Waals surface area contributed by atoms with Crippen LogP contribution in [0.4, 0.5) is 5.82 Å². The van der Waals surface area contributed by atoms with Gasteiger partial charge < -0.3 is 10.3 Å². The summed E-state index contributed by atoms with van der Waals surface area (Å²) in [5.41, 5.74) is 12.7. The minimum Gasteiger partial charge on any atom is -0.383 e. The molecule has 0 saturated carbocycles. The molecule has 6 heteroatoms. The first kappa shape index (κ1) is 16.6. The summed E-state index contributed by atoms with van der Waals surface area (Å²) in [6.07, 6.45) is 11.4. The van der Waals surface area contributed by atoms with Crippen molar-refractivity contribution in [2.45, 2.75) is 0 Å². The Kier molecular flexibility index (Phi) is 3.52. The van der Waals surface area contributed by atoms with E-state index >= 15 is 0 Å². The summed E-state index contributed by atoms with van der Waals surface area (Å²) < 4.78 is 2.05. The van der Waals surface area contributed by atoms with Gasteiger partial charge in [0.1, 0.15) is 12.1 Å². The highest BCUT2D eigenvalue weighted by molar-refractivity contribution is 6.03. The van der Waals surface area contributed by atoms with E-state index in [2.05, 4.69) is 45.4 Å². The summed E-state index contributed by atoms with van der Waals surface area (Å²) in [6.45, 7) is 0. The van der Waals surface area contributed by atoms with Crippen LogP contribution in [0, 0.1) is 0 Å². The van der Waals surface area contributed by atoms with Gasteiger partial charge in [0.15, 0.2) is 5.65 Å². The van der Waals surface area contributed by atoms with Crippen LogP contribution in [-0.4, -0.2) is 24.5 Å². The highest BCUT2D eigenvalue weighted by Crippen LogP contribution is 2.36. The lowest BCUT2D eigenvalue weighted by Crippen LogP contribution is -1.99. The van der Waals surface area contributed by atoms with Crippen LogP contribution in [0.25, 0.3) is 50.1 Å². The van der Waals surface area contributed by atoms with Crippen LogP contribution in [0.1, 0.15) is 0 Å². The number of anilines is 1. The summed E-state index contributed by atoms with van der Waals surface area (Å²) >= 11 is 0. The van der Waals surface area contributed by atoms with Crippen LogP contribution in [0.3, 0.4) is 0 Å². The number of nitrogens with two attached hydrogens (primary N) is 1. The molecule has 1 aliphatic carbocycles. The molecule has 30 heavy (non-hydrogen) atoms. The fraction of sp³-hybridized carbons (Fsp3) is 0. The number of benzene rings is 1. The standard InChI is InChI=1S/C24H16N6/c25-23-22-18(13-30(17-4-3-5-17)24(22)28-14-27-23)16-8-7-15-9-10-20(29-21(15)12-16)19-6-1-2-11-26-19/h1-14H,(H2,25,27,28). The summed E-state index contributed by atoms with van der Waals surface area (Å²) in [6, 6.07) is 16.1. The Hall–Kier alpha value is -4.32. The van der Waals surface area contributed by atoms with Crippen molar-refractivity contribution >= 4 is 33.5 Å². The Labute approximate surface area is 172 Å². The van der Waals surface area contributed by atoms with Gasteiger partial charge >= 0.3 is 0 Å². The molecule has 6 rings (SSSR count). The van der Waals surface area contributed by atoms with E-state index in [1.54, 1.807) is 6.20 Å². The van der Waals surface area contributed by atoms with Gasteiger partial charge in [-0.25, -0.2) is 15.0 Å². The monoisotopic (exact) mass is 388 g/mol. The zero-order valence-electron chi connectivity index (χ0n) is 15.9. The van der Waals surface area contributed by atoms with Crippen molar-refractivity contribution in [3.05, 3.63) is 85.5 Å². The van der Waals surface area contributed by atoms with Crippen LogP contribution >= 0.6 is 0 Å². The maximum Gasteiger partial charge on any atom is 0.150 e. The molecule has 142 valence electrons. The van der Waals surface area contributed by atoms with Gasteiger partial charge in [0, 0.05) is 29.0 Å². The molecule has 0 saturated heterocycles. The molecule has 4 aromatic heterocycles. The summed E-state index contributed by atoms with van der Waals surface area (Å²) in [4.78, 5) is 18.0. The second-order valence-electron chi connectivity index (χ2n) is 7.14. The quantitative estimate of drug-likeness (QED) is 0.484. The second-order valence-corrected chi connectivity index (χ2v) is 7.14. The molecule has 0 atom stereocenters. The number of rotatable bonds is 3. The number of hydrogen-bond donors (Lipinski definition) is 1. The van der Waals surface area contributed by atoms with E-state index in [-0.39, 0.29) is 0 Å². The molecule has 0 unspecified atom stereocenters. The SMILES string of the molecule is Nc1ncnc2c1c(-c1ccc3ccc(-c4ccccn4)nc3c1)cn2C1=CC=C1. The van der Waals surface area contributed by atoms with Crippen molar-refractivity contribution in [3.8, 4) is 22.5 Å². The van der Waals surface area contributed by atoms with Crippen LogP contribution < -0.4 is 5.73 Å². The number of fused-ring (bicyclic) bond motifs is 2. The lowest BCUT2D eigenvalue weighted by molar-refractivity contribution is 1.10. The van der Waals surface area contributed by atoms with Crippen LogP contribution in [0.15, 0.2) is 85.5 Å². The van der Waals surface area contributed by atoms with Crippen molar-refractivity contribution in [2.24, 2.45) is 0 Å². The van der Waals surface area contributed by atoms with Gasteiger partial charge in [-0.3, -0.25) is 4.98 Å². The van der Waals surface area contributed by atoms with Gasteiger partial charge in [-0.05, 0) is 42.0 Å². The molecule has 5 aromatic rings. The third-order valence-electron chi connectivity index (χ3n) is 5.35. The van der Waals surface area contributed by atoms with Crippen molar-refractivity contribution in [3.63, 3.8) is 0 Å². The molecule has 0 aliphatic heterocycles. The Morgan fingerprint density at radius 1 is 0.900 bits per heavy atom. The Bertz CT molecular complexity index is 1500. The molecule has 0 spiro atoms. The first-order valence-electron chi connectivity index (χ1n) is 9.61. The summed E-state index contributed by atoms with van der Waals surface area (Å²) in [5.74, 6) is 0.466. The number of nitrogens with zero attached hydrogens (tertiary/aromatic N) is 5. The van der Waals surface area contributed by atoms with Crippen LogP contribution in [-0.2, 0) is 0 Å². The van der Waals surface area contributed by atoms with Crippen molar-refractivity contribution in [1.29, 1.82) is 0 Å². The maximum absolute atomic E-state index is 6.25. The first-order chi connectivity index (χ1) is 14.8. The summed E-state index contributed by atoms with van der Waals surface area (Å²) in [7, 11) is 0. The van der Waals surface area contributed by atoms with Gasteiger partial charge in [-0.1, -0.05) is 30.3 Å². The van der Waals surface area contributed by atoms with E-state index in [0.717, 1.165) is 50.1 Å². The molecule has 1 aromatic carbocycles. The minimum atomic E-state index is 0.466. The molecule has 0 radical (unpaired) electrons. The molecule has 6 nitrogen and oxygen atoms in total. The number of nitrogen functional groups attached to an aromatic ring is 1. The largest absolute Gasteiger partial charge is 0.383 e. The zero-order chi connectivity index (χ0) is 20.1. The van der Waals surface area contributed by atoms with E-state index in [4.69, 9.17) is 10.7 Å². The second kappa shape index (κ2) is 6.35. The summed E-state index contributed by atoms with van der Waals surface area (Å²) in [5, 5.41) is 1.91. The van der Waals surface area contributed by atoms with E-state index in [0.29, 0.717) is 5.82 Å². The van der Waals surface area contributed by atoms with Crippen molar-refractivity contribution < 1.29 is 0 Å². The van der Waals surface area contributed by atoms with Crippen molar-refractivity contribution in [1.82, 2.24) is 24.5 Å². The molecule has 0 amide bonds. The molecule has 2 N–H and O–H groups in total. The van der Waals surface area contributed by atoms with E-state index in [1.807, 2.05) is 47.1 Å². The Morgan fingerprint density at radius 2 is 1.80 bits per heavy atom. The van der Waals surface area contributed by atoms with Gasteiger partial charge in [-0.15, -0.1) is 0 Å². The minimum absolute atomic E-state index is 0.466. The zero-order valence-corrected chi connectivity index (χ0v) is 15.9. The molecule has 0 bridgehead atoms. The average molecular weight is 388 g/mol. The fourth-order valence-corrected chi connectivity index (χ4v) is 3.79. The fourth-order valence-electron chi connectivity index (χ4n) is 3.79. The lowest BCUT2D eigenvalue weighted by Gasteiger charge is -2.09. The first-order valence-corrected chi connectivity index (χ1v) is 9.61. The number of hydrogen-bond acceptors (Lipinski definition) is 5. The molecular formula is C24H16N6. The van der Waals surface area contributed by atoms with Gasteiger partial charge in [0.2, 0.25) is 0 Å². The molecule has 0 fully saturated rings. The normalized spacial score (nSPS) is 12.9. The number of aromatic nitrogens is 5. The maximum atomic E-state index is 6.25. The smallest absolute Gasteiger partial charge is 0.150 e. The average Bonchev–Trinajstić information content (AvgIpc) is 3.13. The van der Waals surface area contributed by atoms with Crippen LogP contribution in [0.5, 0.6) is 0 Å². The Morgan fingerprint density at radius 3 is 2.60 bits per heavy atom. The third kappa shape index (κ3) is 2.51. The van der Waals surface area contributed by atoms with E-state index in [1.165, 1.54) is 6.33 Å². The highest BCUT2D eigenvalue weighted by Gasteiger charge is 2.17. The van der Waals surface area contributed by atoms with Gasteiger partial charge in [-0.2, -0.15) is 0 Å². The highest BCUT2D eigenvalue weighted by atomic mass is 15.1. The number of allylic oxidation sites excluding steroid dienone is 4. The molecular weight excluding hydrogens is 372 g/mol. The predicted molar refractivity (Wildman–Crippen MR) is 119 cm³/mol. The molecule has 4 heterocycles. The molecule has 1 aliphatic rings. The number of pyridine rings is 2. The van der Waals surface area contributed by atoms with Gasteiger partial charge in [0.25, 0.3) is 0 Å². The predicted octanol–water partition coefficient (Wildman–Crippen LogP) is 4.70. The van der Waals surface area contributed by atoms with E-state index in [9.17, 15) is 0 Å². The lowest BCUT2D eigenvalue weighted by atomic mass is 10.0. The van der Waals surface area contributed by atoms with Gasteiger partial charge in [0.05, 0.1) is 22.3 Å². The van der Waals surface area contributed by atoms with Crippen molar-refractivity contribution in [2.75, 3.05) is 5.73 Å². The topological polar surface area (TPSA) is 82.5 Å². The van der Waals surface area contributed by atoms with Crippen LogP contribution in [0.2, 0.25) is 0 Å².